The van der Waals surface area contributed by atoms with Gasteiger partial charge in [-0.15, -0.1) is 0 Å². The maximum Gasteiger partial charge on any atom is 0.124 e. The molecule has 18 heavy (non-hydrogen) atoms. The Balaban J connectivity index is 2.97. The van der Waals surface area contributed by atoms with Crippen LogP contribution in [-0.2, 0) is 0 Å². The van der Waals surface area contributed by atoms with Crippen LogP contribution >= 0.6 is 0 Å². The molecule has 0 saturated heterocycles. The Bertz CT molecular complexity index is 362. The summed E-state index contributed by atoms with van der Waals surface area (Å²) in [6.45, 7) is 3.15. The Hall–Kier alpha value is -1.30. The number of aliphatic hydroxyl groups excluding tert-OH is 2. The van der Waals surface area contributed by atoms with Crippen molar-refractivity contribution in [2.75, 3.05) is 13.2 Å². The van der Waals surface area contributed by atoms with Gasteiger partial charge in [0.1, 0.15) is 11.5 Å². The van der Waals surface area contributed by atoms with E-state index in [1.807, 2.05) is 6.92 Å². The number of phenolic OH excluding ortho intramolecular Hbond substituents is 2. The fraction of sp³-hybridized carbons (Fsp3) is 0.538. The summed E-state index contributed by atoms with van der Waals surface area (Å²) in [4.78, 5) is 0. The number of hydrogen-bond donors (Lipinski definition) is 5. The van der Waals surface area contributed by atoms with Crippen molar-refractivity contribution in [3.8, 4) is 11.5 Å². The highest BCUT2D eigenvalue weighted by atomic mass is 16.3. The monoisotopic (exact) mass is 255 g/mol. The zero-order valence-electron chi connectivity index (χ0n) is 10.7. The van der Waals surface area contributed by atoms with Crippen LogP contribution in [0.3, 0.4) is 0 Å². The van der Waals surface area contributed by atoms with Gasteiger partial charge in [-0.1, -0.05) is 13.0 Å². The predicted octanol–water partition coefficient (Wildman–Crippen LogP) is 0.882. The lowest BCUT2D eigenvalue weighted by molar-refractivity contribution is 0.0787. The second-order valence-corrected chi connectivity index (χ2v) is 4.53. The highest BCUT2D eigenvalue weighted by molar-refractivity contribution is 5.45. The molecule has 0 aliphatic carbocycles. The van der Waals surface area contributed by atoms with E-state index in [2.05, 4.69) is 5.32 Å². The summed E-state index contributed by atoms with van der Waals surface area (Å²) in [5.74, 6) is -0.0354. The molecule has 1 aromatic carbocycles. The van der Waals surface area contributed by atoms with Crippen LogP contribution in [0.25, 0.3) is 0 Å². The van der Waals surface area contributed by atoms with Gasteiger partial charge in [-0.2, -0.15) is 0 Å². The largest absolute Gasteiger partial charge is 0.507 e. The molecule has 5 N–H and O–H groups in total. The van der Waals surface area contributed by atoms with Crippen LogP contribution in [0.4, 0.5) is 0 Å². The molecule has 0 aromatic heterocycles. The molecule has 1 rings (SSSR count). The molecule has 0 amide bonds. The fourth-order valence-corrected chi connectivity index (χ4v) is 1.98. The first-order valence-corrected chi connectivity index (χ1v) is 6.00. The molecule has 0 fully saturated rings. The number of benzene rings is 1. The molecule has 0 heterocycles. The summed E-state index contributed by atoms with van der Waals surface area (Å²) < 4.78 is 0. The SMILES string of the molecule is CCC(CO)(CO)NC(C)c1c(O)cccc1O. The van der Waals surface area contributed by atoms with Crippen LogP contribution < -0.4 is 5.32 Å². The third-order valence-electron chi connectivity index (χ3n) is 3.30. The Kier molecular flexibility index (Phi) is 4.95. The van der Waals surface area contributed by atoms with Crippen molar-refractivity contribution >= 4 is 0 Å². The summed E-state index contributed by atoms with van der Waals surface area (Å²) >= 11 is 0. The lowest BCUT2D eigenvalue weighted by atomic mass is 9.95. The van der Waals surface area contributed by atoms with Gasteiger partial charge in [0.2, 0.25) is 0 Å². The normalized spacial score (nSPS) is 13.6. The predicted molar refractivity (Wildman–Crippen MR) is 68.5 cm³/mol. The van der Waals surface area contributed by atoms with Gasteiger partial charge in [0.15, 0.2) is 0 Å². The average Bonchev–Trinajstić information content (AvgIpc) is 2.36. The van der Waals surface area contributed by atoms with Crippen LogP contribution in [0.2, 0.25) is 0 Å². The van der Waals surface area contributed by atoms with Crippen molar-refractivity contribution in [1.29, 1.82) is 0 Å². The summed E-state index contributed by atoms with van der Waals surface area (Å²) in [6.07, 6.45) is 0.526. The third kappa shape index (κ3) is 2.93. The topological polar surface area (TPSA) is 93.0 Å². The van der Waals surface area contributed by atoms with Gasteiger partial charge >= 0.3 is 0 Å². The number of phenols is 2. The number of aliphatic hydroxyl groups is 2. The van der Waals surface area contributed by atoms with E-state index in [1.165, 1.54) is 12.1 Å². The second-order valence-electron chi connectivity index (χ2n) is 4.53. The fourth-order valence-electron chi connectivity index (χ4n) is 1.98. The standard InChI is InChI=1S/C13H21NO4/c1-3-13(7-15,8-16)14-9(2)12-10(17)5-4-6-11(12)18/h4-6,9,14-18H,3,7-8H2,1-2H3. The van der Waals surface area contributed by atoms with Gasteiger partial charge < -0.3 is 25.7 Å². The molecule has 1 aromatic rings. The van der Waals surface area contributed by atoms with Crippen LogP contribution in [0.5, 0.6) is 11.5 Å². The zero-order valence-corrected chi connectivity index (χ0v) is 10.7. The molecular formula is C13H21NO4. The van der Waals surface area contributed by atoms with E-state index < -0.39 is 11.6 Å². The first-order chi connectivity index (χ1) is 8.49. The molecule has 0 aliphatic rings. The number of hydrogen-bond acceptors (Lipinski definition) is 5. The van der Waals surface area contributed by atoms with Crippen LogP contribution in [-0.4, -0.2) is 39.2 Å². The maximum absolute atomic E-state index is 9.75. The van der Waals surface area contributed by atoms with Crippen LogP contribution in [0, 0.1) is 0 Å². The minimum atomic E-state index is -0.825. The van der Waals surface area contributed by atoms with Crippen molar-refractivity contribution in [1.82, 2.24) is 5.32 Å². The van der Waals surface area contributed by atoms with Crippen LogP contribution in [0.1, 0.15) is 31.9 Å². The second kappa shape index (κ2) is 6.04. The van der Waals surface area contributed by atoms with E-state index in [1.54, 1.807) is 13.0 Å². The van der Waals surface area contributed by atoms with E-state index >= 15 is 0 Å². The lowest BCUT2D eigenvalue weighted by Crippen LogP contribution is -2.52. The third-order valence-corrected chi connectivity index (χ3v) is 3.30. The molecule has 0 bridgehead atoms. The molecule has 5 nitrogen and oxygen atoms in total. The molecule has 0 saturated carbocycles. The highest BCUT2D eigenvalue weighted by Crippen LogP contribution is 2.33. The van der Waals surface area contributed by atoms with Gasteiger partial charge in [0, 0.05) is 6.04 Å². The van der Waals surface area contributed by atoms with Gasteiger partial charge in [0.05, 0.1) is 24.3 Å². The van der Waals surface area contributed by atoms with Crippen molar-refractivity contribution < 1.29 is 20.4 Å². The number of nitrogens with one attached hydrogen (secondary N) is 1. The molecule has 0 spiro atoms. The summed E-state index contributed by atoms with van der Waals surface area (Å²) in [7, 11) is 0. The highest BCUT2D eigenvalue weighted by Gasteiger charge is 2.30. The van der Waals surface area contributed by atoms with Gasteiger partial charge in [0.25, 0.3) is 0 Å². The summed E-state index contributed by atoms with van der Waals surface area (Å²) in [5.41, 5.74) is -0.467. The zero-order chi connectivity index (χ0) is 13.8. The van der Waals surface area contributed by atoms with Crippen molar-refractivity contribution in [3.63, 3.8) is 0 Å². The molecule has 1 unspecified atom stereocenters. The first kappa shape index (κ1) is 14.8. The Morgan fingerprint density at radius 1 is 1.17 bits per heavy atom. The molecular weight excluding hydrogens is 234 g/mol. The van der Waals surface area contributed by atoms with E-state index in [0.717, 1.165) is 0 Å². The molecule has 5 heteroatoms. The molecule has 0 aliphatic heterocycles. The van der Waals surface area contributed by atoms with Gasteiger partial charge in [-0.25, -0.2) is 0 Å². The molecule has 102 valence electrons. The van der Waals surface area contributed by atoms with Gasteiger partial charge in [-0.05, 0) is 25.5 Å². The molecule has 1 atom stereocenters. The van der Waals surface area contributed by atoms with Crippen molar-refractivity contribution in [3.05, 3.63) is 23.8 Å². The smallest absolute Gasteiger partial charge is 0.124 e. The minimum Gasteiger partial charge on any atom is -0.507 e. The van der Waals surface area contributed by atoms with E-state index in [4.69, 9.17) is 0 Å². The Morgan fingerprint density at radius 2 is 1.67 bits per heavy atom. The van der Waals surface area contributed by atoms with E-state index in [-0.39, 0.29) is 24.7 Å². The van der Waals surface area contributed by atoms with Crippen LogP contribution in [0.15, 0.2) is 18.2 Å². The van der Waals surface area contributed by atoms with E-state index in [9.17, 15) is 20.4 Å². The van der Waals surface area contributed by atoms with E-state index in [0.29, 0.717) is 12.0 Å². The van der Waals surface area contributed by atoms with Crippen molar-refractivity contribution in [2.45, 2.75) is 31.8 Å². The summed E-state index contributed by atoms with van der Waals surface area (Å²) in [6, 6.07) is 4.12. The van der Waals surface area contributed by atoms with Gasteiger partial charge in [-0.3, -0.25) is 0 Å². The Labute approximate surface area is 107 Å². The number of rotatable bonds is 6. The average molecular weight is 255 g/mol. The lowest BCUT2D eigenvalue weighted by Gasteiger charge is -2.33. The minimum absolute atomic E-state index is 0.0177. The summed E-state index contributed by atoms with van der Waals surface area (Å²) in [5, 5.41) is 41.3. The quantitative estimate of drug-likeness (QED) is 0.520. The maximum atomic E-state index is 9.75. The molecule has 0 radical (unpaired) electrons. The Morgan fingerprint density at radius 3 is 2.06 bits per heavy atom. The van der Waals surface area contributed by atoms with Crippen molar-refractivity contribution in [2.24, 2.45) is 0 Å². The first-order valence-electron chi connectivity index (χ1n) is 6.00. The number of aromatic hydroxyl groups is 2.